The topological polar surface area (TPSA) is 70.7 Å². The minimum atomic E-state index is -0.592. The zero-order valence-corrected chi connectivity index (χ0v) is 12.8. The molecule has 0 saturated heterocycles. The highest BCUT2D eigenvalue weighted by Crippen LogP contribution is 2.03. The summed E-state index contributed by atoms with van der Waals surface area (Å²) in [5, 5.41) is 9.97. The van der Waals surface area contributed by atoms with Crippen molar-refractivity contribution in [2.75, 3.05) is 41.8 Å². The standard InChI is InChI=1S/C13H24N5O2/c1-16(2)10-14-12-6-7-17(13(20)15-12)8-11(19)9-18(3,4)5/h6-7,10-11,19H,8-9H2,1-5H3/q+1. The molecule has 20 heavy (non-hydrogen) atoms. The van der Waals surface area contributed by atoms with Gasteiger partial charge in [-0.15, -0.1) is 0 Å². The molecule has 1 heterocycles. The number of aliphatic hydroxyl groups is 1. The van der Waals surface area contributed by atoms with Gasteiger partial charge in [0.15, 0.2) is 5.82 Å². The lowest BCUT2D eigenvalue weighted by Crippen LogP contribution is -2.43. The highest BCUT2D eigenvalue weighted by molar-refractivity contribution is 5.58. The number of aliphatic hydroxyl groups excluding tert-OH is 1. The average molecular weight is 282 g/mol. The zero-order chi connectivity index (χ0) is 15.3. The summed E-state index contributed by atoms with van der Waals surface area (Å²) in [6.45, 7) is 0.798. The highest BCUT2D eigenvalue weighted by atomic mass is 16.3. The first kappa shape index (κ1) is 16.3. The van der Waals surface area contributed by atoms with Crippen LogP contribution in [-0.4, -0.2) is 78.3 Å². The predicted molar refractivity (Wildman–Crippen MR) is 79.2 cm³/mol. The van der Waals surface area contributed by atoms with Crippen molar-refractivity contribution in [2.45, 2.75) is 12.6 Å². The van der Waals surface area contributed by atoms with E-state index in [9.17, 15) is 9.90 Å². The van der Waals surface area contributed by atoms with Gasteiger partial charge in [-0.1, -0.05) is 0 Å². The Morgan fingerprint density at radius 1 is 1.50 bits per heavy atom. The van der Waals surface area contributed by atoms with Gasteiger partial charge in [-0.25, -0.2) is 9.79 Å². The Balaban J connectivity index is 2.76. The Kier molecular flexibility index (Phi) is 5.41. The molecule has 0 aliphatic rings. The number of hydrogen-bond donors (Lipinski definition) is 1. The summed E-state index contributed by atoms with van der Waals surface area (Å²) in [5.74, 6) is 0.362. The molecule has 7 nitrogen and oxygen atoms in total. The second-order valence-electron chi connectivity index (χ2n) is 6.06. The van der Waals surface area contributed by atoms with E-state index in [1.165, 1.54) is 4.57 Å². The molecule has 1 rings (SSSR count). The van der Waals surface area contributed by atoms with E-state index in [1.807, 2.05) is 35.2 Å². The van der Waals surface area contributed by atoms with Gasteiger partial charge in [0.1, 0.15) is 12.6 Å². The van der Waals surface area contributed by atoms with Gasteiger partial charge in [0.25, 0.3) is 0 Å². The quantitative estimate of drug-likeness (QED) is 0.435. The van der Waals surface area contributed by atoms with Crippen LogP contribution in [0.25, 0.3) is 0 Å². The monoisotopic (exact) mass is 282 g/mol. The Labute approximate surface area is 119 Å². The van der Waals surface area contributed by atoms with E-state index < -0.39 is 11.8 Å². The van der Waals surface area contributed by atoms with Crippen molar-refractivity contribution in [1.82, 2.24) is 14.5 Å². The third-order valence-corrected chi connectivity index (χ3v) is 2.45. The molecule has 0 spiro atoms. The van der Waals surface area contributed by atoms with Crippen LogP contribution in [0.2, 0.25) is 0 Å². The average Bonchev–Trinajstić information content (AvgIpc) is 2.27. The lowest BCUT2D eigenvalue weighted by molar-refractivity contribution is -0.873. The number of hydrogen-bond acceptors (Lipinski definition) is 4. The molecule has 0 aromatic carbocycles. The number of nitrogens with zero attached hydrogens (tertiary/aromatic N) is 5. The van der Waals surface area contributed by atoms with Crippen LogP contribution in [0.4, 0.5) is 5.82 Å². The Morgan fingerprint density at radius 3 is 2.65 bits per heavy atom. The second-order valence-corrected chi connectivity index (χ2v) is 6.06. The van der Waals surface area contributed by atoms with Gasteiger partial charge in [0.05, 0.1) is 34.0 Å². The minimum absolute atomic E-state index is 0.235. The van der Waals surface area contributed by atoms with Crippen LogP contribution in [-0.2, 0) is 6.54 Å². The van der Waals surface area contributed by atoms with Crippen LogP contribution in [0, 0.1) is 0 Å². The molecule has 0 saturated carbocycles. The summed E-state index contributed by atoms with van der Waals surface area (Å²) in [6, 6.07) is 1.65. The van der Waals surface area contributed by atoms with Crippen molar-refractivity contribution in [3.05, 3.63) is 22.7 Å². The first-order valence-electron chi connectivity index (χ1n) is 6.44. The molecule has 0 aliphatic carbocycles. The van der Waals surface area contributed by atoms with Gasteiger partial charge in [-0.2, -0.15) is 4.98 Å². The van der Waals surface area contributed by atoms with E-state index in [1.54, 1.807) is 23.5 Å². The van der Waals surface area contributed by atoms with Gasteiger partial charge < -0.3 is 14.5 Å². The maximum absolute atomic E-state index is 11.8. The number of likely N-dealkylation sites (N-methyl/N-ethyl adjacent to an activating group) is 1. The van der Waals surface area contributed by atoms with Crippen LogP contribution in [0.1, 0.15) is 0 Å². The number of aromatic nitrogens is 2. The molecule has 1 unspecified atom stereocenters. The fourth-order valence-corrected chi connectivity index (χ4v) is 1.72. The SMILES string of the molecule is CN(C)C=Nc1ccn(CC(O)C[N+](C)(C)C)c(=O)n1. The molecule has 1 N–H and O–H groups in total. The molecule has 0 aliphatic heterocycles. The van der Waals surface area contributed by atoms with Crippen molar-refractivity contribution in [3.63, 3.8) is 0 Å². The molecule has 0 bridgehead atoms. The highest BCUT2D eigenvalue weighted by Gasteiger charge is 2.16. The molecular formula is C13H24N5O2+. The van der Waals surface area contributed by atoms with Crippen molar-refractivity contribution >= 4 is 12.2 Å². The second kappa shape index (κ2) is 6.62. The fraction of sp³-hybridized carbons (Fsp3) is 0.615. The minimum Gasteiger partial charge on any atom is -0.385 e. The third-order valence-electron chi connectivity index (χ3n) is 2.45. The smallest absolute Gasteiger partial charge is 0.349 e. The predicted octanol–water partition coefficient (Wildman–Crippen LogP) is -0.468. The van der Waals surface area contributed by atoms with Gasteiger partial charge in [0.2, 0.25) is 0 Å². The van der Waals surface area contributed by atoms with Crippen LogP contribution in [0.15, 0.2) is 22.1 Å². The number of aliphatic imine (C=N–C) groups is 1. The molecular weight excluding hydrogens is 258 g/mol. The summed E-state index contributed by atoms with van der Waals surface area (Å²) < 4.78 is 2.03. The molecule has 112 valence electrons. The number of quaternary nitrogens is 1. The lowest BCUT2D eigenvalue weighted by Gasteiger charge is -2.26. The van der Waals surface area contributed by atoms with Crippen LogP contribution >= 0.6 is 0 Å². The van der Waals surface area contributed by atoms with E-state index in [4.69, 9.17) is 0 Å². The van der Waals surface area contributed by atoms with Crippen LogP contribution in [0.3, 0.4) is 0 Å². The van der Waals surface area contributed by atoms with Crippen molar-refractivity contribution < 1.29 is 9.59 Å². The third kappa shape index (κ3) is 5.94. The van der Waals surface area contributed by atoms with Crippen molar-refractivity contribution in [3.8, 4) is 0 Å². The number of rotatable bonds is 6. The van der Waals surface area contributed by atoms with Crippen molar-refractivity contribution in [1.29, 1.82) is 0 Å². The Hall–Kier alpha value is -1.73. The van der Waals surface area contributed by atoms with E-state index >= 15 is 0 Å². The first-order valence-corrected chi connectivity index (χ1v) is 6.44. The first-order chi connectivity index (χ1) is 9.17. The maximum atomic E-state index is 11.8. The summed E-state index contributed by atoms with van der Waals surface area (Å²) in [5.41, 5.74) is -0.404. The molecule has 0 radical (unpaired) electrons. The molecule has 0 fully saturated rings. The van der Waals surface area contributed by atoms with E-state index in [2.05, 4.69) is 9.98 Å². The normalized spacial score (nSPS) is 13.7. The van der Waals surface area contributed by atoms with Crippen LogP contribution in [0.5, 0.6) is 0 Å². The molecule has 1 aromatic rings. The fourth-order valence-electron chi connectivity index (χ4n) is 1.72. The van der Waals surface area contributed by atoms with Crippen molar-refractivity contribution in [2.24, 2.45) is 4.99 Å². The Bertz CT molecular complexity index is 516. The lowest BCUT2D eigenvalue weighted by atomic mass is 10.3. The molecule has 1 aromatic heterocycles. The zero-order valence-electron chi connectivity index (χ0n) is 12.8. The van der Waals surface area contributed by atoms with Gasteiger partial charge in [-0.05, 0) is 6.07 Å². The summed E-state index contributed by atoms with van der Waals surface area (Å²) >= 11 is 0. The molecule has 0 amide bonds. The summed E-state index contributed by atoms with van der Waals surface area (Å²) in [6.07, 6.45) is 2.60. The summed E-state index contributed by atoms with van der Waals surface area (Å²) in [4.78, 5) is 21.5. The van der Waals surface area contributed by atoms with E-state index in [-0.39, 0.29) is 6.54 Å². The molecule has 1 atom stereocenters. The largest absolute Gasteiger partial charge is 0.385 e. The van der Waals surface area contributed by atoms with Gasteiger partial charge in [0, 0.05) is 20.3 Å². The van der Waals surface area contributed by atoms with E-state index in [0.29, 0.717) is 16.8 Å². The Morgan fingerprint density at radius 2 is 2.15 bits per heavy atom. The van der Waals surface area contributed by atoms with Crippen LogP contribution < -0.4 is 5.69 Å². The maximum Gasteiger partial charge on any atom is 0.349 e. The van der Waals surface area contributed by atoms with Gasteiger partial charge >= 0.3 is 5.69 Å². The van der Waals surface area contributed by atoms with E-state index in [0.717, 1.165) is 0 Å². The van der Waals surface area contributed by atoms with Gasteiger partial charge in [-0.3, -0.25) is 4.57 Å². The molecule has 7 heteroatoms. The summed E-state index contributed by atoms with van der Waals surface area (Å²) in [7, 11) is 9.65.